The lowest BCUT2D eigenvalue weighted by Gasteiger charge is -2.14. The Hall–Kier alpha value is -2.56. The number of hydrogen-bond acceptors (Lipinski definition) is 4. The number of rotatable bonds is 5. The highest BCUT2D eigenvalue weighted by Crippen LogP contribution is 2.22. The maximum atomic E-state index is 11.3. The molecule has 1 aromatic carbocycles. The van der Waals surface area contributed by atoms with Crippen LogP contribution in [0.2, 0.25) is 0 Å². The molecule has 0 bridgehead atoms. The third-order valence-electron chi connectivity index (χ3n) is 3.54. The number of nitrogens with zero attached hydrogens (tertiary/aromatic N) is 1. The molecule has 0 aliphatic carbocycles. The molecule has 5 nitrogen and oxygen atoms in total. The van der Waals surface area contributed by atoms with Crippen molar-refractivity contribution < 1.29 is 19.1 Å². The highest BCUT2D eigenvalue weighted by molar-refractivity contribution is 5.77. The van der Waals surface area contributed by atoms with Crippen LogP contribution in [-0.2, 0) is 9.53 Å². The van der Waals surface area contributed by atoms with Gasteiger partial charge in [-0.1, -0.05) is 0 Å². The summed E-state index contributed by atoms with van der Waals surface area (Å²) >= 11 is 0. The molecule has 0 saturated carbocycles. The van der Waals surface area contributed by atoms with Gasteiger partial charge in [0.1, 0.15) is 5.75 Å². The van der Waals surface area contributed by atoms with Crippen molar-refractivity contribution in [3.63, 3.8) is 0 Å². The van der Waals surface area contributed by atoms with Crippen molar-refractivity contribution in [3.05, 3.63) is 47.3 Å². The number of aromatic nitrogens is 1. The average molecular weight is 301 g/mol. The zero-order valence-electron chi connectivity index (χ0n) is 13.1. The molecule has 0 amide bonds. The van der Waals surface area contributed by atoms with Gasteiger partial charge in [0.15, 0.2) is 12.4 Å². The number of carbonyl (C=O) groups excluding carboxylic acids is 2. The second-order valence-electron chi connectivity index (χ2n) is 5.06. The van der Waals surface area contributed by atoms with Crippen molar-refractivity contribution in [2.75, 3.05) is 7.11 Å². The van der Waals surface area contributed by atoms with E-state index in [2.05, 4.69) is 4.74 Å². The topological polar surface area (TPSA) is 57.5 Å². The predicted molar refractivity (Wildman–Crippen MR) is 82.7 cm³/mol. The van der Waals surface area contributed by atoms with Crippen LogP contribution in [0.3, 0.4) is 0 Å². The molecular formula is C17H19NO4. The van der Waals surface area contributed by atoms with Gasteiger partial charge in [0.2, 0.25) is 0 Å². The fourth-order valence-corrected chi connectivity index (χ4v) is 2.40. The fraction of sp³-hybridized carbons (Fsp3) is 0.294. The van der Waals surface area contributed by atoms with Gasteiger partial charge in [-0.2, -0.15) is 0 Å². The quantitative estimate of drug-likeness (QED) is 0.629. The molecule has 0 aliphatic rings. The number of esters is 1. The van der Waals surface area contributed by atoms with E-state index in [1.807, 2.05) is 36.6 Å². The van der Waals surface area contributed by atoms with Crippen molar-refractivity contribution in [1.29, 1.82) is 0 Å². The minimum atomic E-state index is -0.660. The summed E-state index contributed by atoms with van der Waals surface area (Å²) in [4.78, 5) is 22.4. The van der Waals surface area contributed by atoms with E-state index in [9.17, 15) is 9.59 Å². The lowest BCUT2D eigenvalue weighted by molar-refractivity contribution is -0.147. The third kappa shape index (κ3) is 3.03. The van der Waals surface area contributed by atoms with Gasteiger partial charge in [-0.05, 0) is 51.1 Å². The van der Waals surface area contributed by atoms with Crippen molar-refractivity contribution in [3.8, 4) is 11.4 Å². The lowest BCUT2D eigenvalue weighted by atomic mass is 10.2. The van der Waals surface area contributed by atoms with E-state index < -0.39 is 12.1 Å². The van der Waals surface area contributed by atoms with Crippen molar-refractivity contribution in [1.82, 2.24) is 4.57 Å². The summed E-state index contributed by atoms with van der Waals surface area (Å²) in [7, 11) is 1.33. The van der Waals surface area contributed by atoms with Crippen LogP contribution in [0.25, 0.3) is 5.69 Å². The highest BCUT2D eigenvalue weighted by Gasteiger charge is 2.15. The van der Waals surface area contributed by atoms with Crippen LogP contribution in [0, 0.1) is 13.8 Å². The normalized spacial score (nSPS) is 11.8. The lowest BCUT2D eigenvalue weighted by Crippen LogP contribution is -2.24. The Morgan fingerprint density at radius 1 is 1.23 bits per heavy atom. The molecule has 0 fully saturated rings. The average Bonchev–Trinajstić information content (AvgIpc) is 2.81. The molecule has 2 rings (SSSR count). The van der Waals surface area contributed by atoms with Crippen LogP contribution in [0.5, 0.6) is 5.75 Å². The van der Waals surface area contributed by atoms with Gasteiger partial charge in [0.25, 0.3) is 0 Å². The molecule has 1 heterocycles. The molecule has 1 aromatic heterocycles. The molecule has 0 N–H and O–H groups in total. The number of hydrogen-bond donors (Lipinski definition) is 0. The van der Waals surface area contributed by atoms with Crippen molar-refractivity contribution in [2.45, 2.75) is 26.9 Å². The van der Waals surface area contributed by atoms with E-state index in [-0.39, 0.29) is 0 Å². The van der Waals surface area contributed by atoms with Crippen molar-refractivity contribution >= 4 is 12.3 Å². The second-order valence-corrected chi connectivity index (χ2v) is 5.06. The third-order valence-corrected chi connectivity index (χ3v) is 3.54. The molecule has 0 saturated heterocycles. The Kier molecular flexibility index (Phi) is 4.65. The molecule has 0 radical (unpaired) electrons. The minimum absolute atomic E-state index is 0.420. The van der Waals surface area contributed by atoms with E-state index in [4.69, 9.17) is 4.74 Å². The van der Waals surface area contributed by atoms with Gasteiger partial charge < -0.3 is 14.0 Å². The van der Waals surface area contributed by atoms with Crippen LogP contribution in [0.15, 0.2) is 30.3 Å². The maximum absolute atomic E-state index is 11.3. The van der Waals surface area contributed by atoms with Crippen LogP contribution < -0.4 is 4.74 Å². The first-order chi connectivity index (χ1) is 10.5. The van der Waals surface area contributed by atoms with E-state index in [1.165, 1.54) is 7.11 Å². The minimum Gasteiger partial charge on any atom is -0.479 e. The van der Waals surface area contributed by atoms with E-state index in [0.717, 1.165) is 23.4 Å². The summed E-state index contributed by atoms with van der Waals surface area (Å²) in [6, 6.07) is 9.19. The van der Waals surface area contributed by atoms with Crippen molar-refractivity contribution in [2.24, 2.45) is 0 Å². The molecule has 5 heteroatoms. The number of aldehydes is 1. The number of carbonyl (C=O) groups is 2. The SMILES string of the molecule is COC(=O)C(C)Oc1ccc(-n2c(C)cc(C=O)c2C)cc1. The Labute approximate surface area is 129 Å². The zero-order valence-corrected chi connectivity index (χ0v) is 13.1. The molecule has 1 unspecified atom stereocenters. The Morgan fingerprint density at radius 2 is 1.86 bits per heavy atom. The van der Waals surface area contributed by atoms with Gasteiger partial charge in [-0.3, -0.25) is 4.79 Å². The second kappa shape index (κ2) is 6.47. The summed E-state index contributed by atoms with van der Waals surface area (Å²) in [5.74, 6) is 0.163. The number of ether oxygens (including phenoxy) is 2. The molecule has 0 spiro atoms. The summed E-state index contributed by atoms with van der Waals surface area (Å²) in [5.41, 5.74) is 3.48. The van der Waals surface area contributed by atoms with Gasteiger partial charge in [0.05, 0.1) is 7.11 Å². The number of methoxy groups -OCH3 is 1. The molecule has 22 heavy (non-hydrogen) atoms. The van der Waals surface area contributed by atoms with Gasteiger partial charge in [-0.15, -0.1) is 0 Å². The summed E-state index contributed by atoms with van der Waals surface area (Å²) < 4.78 is 12.1. The number of benzene rings is 1. The first kappa shape index (κ1) is 15.8. The Bertz CT molecular complexity index is 685. The summed E-state index contributed by atoms with van der Waals surface area (Å²) in [6.45, 7) is 5.49. The van der Waals surface area contributed by atoms with Crippen LogP contribution in [0.4, 0.5) is 0 Å². The summed E-state index contributed by atoms with van der Waals surface area (Å²) in [6.07, 6.45) is 0.196. The number of aryl methyl sites for hydroxylation is 1. The Balaban J connectivity index is 2.24. The smallest absolute Gasteiger partial charge is 0.346 e. The van der Waals surface area contributed by atoms with E-state index >= 15 is 0 Å². The van der Waals surface area contributed by atoms with Gasteiger partial charge in [0, 0.05) is 22.6 Å². The predicted octanol–water partition coefficient (Wildman–Crippen LogP) is 2.85. The van der Waals surface area contributed by atoms with E-state index in [0.29, 0.717) is 11.3 Å². The fourth-order valence-electron chi connectivity index (χ4n) is 2.40. The maximum Gasteiger partial charge on any atom is 0.346 e. The molecule has 2 aromatic rings. The molecule has 0 aliphatic heterocycles. The first-order valence-corrected chi connectivity index (χ1v) is 6.97. The van der Waals surface area contributed by atoms with Gasteiger partial charge >= 0.3 is 5.97 Å². The van der Waals surface area contributed by atoms with E-state index in [1.54, 1.807) is 19.1 Å². The first-order valence-electron chi connectivity index (χ1n) is 6.97. The zero-order chi connectivity index (χ0) is 16.3. The molecule has 1 atom stereocenters. The monoisotopic (exact) mass is 301 g/mol. The standard InChI is InChI=1S/C17H19NO4/c1-11-9-14(10-19)12(2)18(11)15-5-7-16(8-6-15)22-13(3)17(20)21-4/h5-10,13H,1-4H3. The van der Waals surface area contributed by atoms with Gasteiger partial charge in [-0.25, -0.2) is 4.79 Å². The molecule has 116 valence electrons. The Morgan fingerprint density at radius 3 is 2.36 bits per heavy atom. The summed E-state index contributed by atoms with van der Waals surface area (Å²) in [5, 5.41) is 0. The molecular weight excluding hydrogens is 282 g/mol. The highest BCUT2D eigenvalue weighted by atomic mass is 16.6. The van der Waals surface area contributed by atoms with Crippen LogP contribution >= 0.6 is 0 Å². The largest absolute Gasteiger partial charge is 0.479 e. The van der Waals surface area contributed by atoms with Crippen LogP contribution in [0.1, 0.15) is 28.7 Å². The van der Waals surface area contributed by atoms with Crippen LogP contribution in [-0.4, -0.2) is 30.0 Å².